The van der Waals surface area contributed by atoms with E-state index in [-0.39, 0.29) is 0 Å². The van der Waals surface area contributed by atoms with Crippen molar-refractivity contribution in [2.75, 3.05) is 31.2 Å². The first-order chi connectivity index (χ1) is 15.8. The maximum absolute atomic E-state index is 5.56. The quantitative estimate of drug-likeness (QED) is 0.441. The summed E-state index contributed by atoms with van der Waals surface area (Å²) in [5, 5.41) is 9.41. The van der Waals surface area contributed by atoms with E-state index in [1.165, 1.54) is 0 Å². The molecule has 0 aliphatic carbocycles. The topological polar surface area (TPSA) is 73.4 Å². The molecule has 1 aliphatic rings. The first-order valence-corrected chi connectivity index (χ1v) is 10.6. The molecule has 0 atom stereocenters. The van der Waals surface area contributed by atoms with Crippen molar-refractivity contribution in [3.63, 3.8) is 0 Å². The Kier molecular flexibility index (Phi) is 4.62. The molecule has 158 valence electrons. The maximum atomic E-state index is 5.56. The predicted molar refractivity (Wildman–Crippen MR) is 122 cm³/mol. The minimum Gasteiger partial charge on any atom is -0.378 e. The summed E-state index contributed by atoms with van der Waals surface area (Å²) >= 11 is 0. The Morgan fingerprint density at radius 3 is 2.50 bits per heavy atom. The molecule has 0 spiro atoms. The fourth-order valence-electron chi connectivity index (χ4n) is 3.95. The van der Waals surface area contributed by atoms with Gasteiger partial charge in [-0.2, -0.15) is 14.7 Å². The van der Waals surface area contributed by atoms with E-state index in [9.17, 15) is 0 Å². The highest BCUT2D eigenvalue weighted by Gasteiger charge is 2.19. The third-order valence-corrected chi connectivity index (χ3v) is 5.58. The highest BCUT2D eigenvalue weighted by Crippen LogP contribution is 2.26. The summed E-state index contributed by atoms with van der Waals surface area (Å²) < 4.78 is 9.27. The number of hydrogen-bond donors (Lipinski definition) is 0. The van der Waals surface area contributed by atoms with Crippen LogP contribution >= 0.6 is 0 Å². The number of morpholine rings is 1. The SMILES string of the molecule is c1ccc(-c2cnn(-c3cc(N4CCOCC4)n4nc(-c5ccccn5)cc4n3)c2)cc1. The Morgan fingerprint density at radius 1 is 0.844 bits per heavy atom. The van der Waals surface area contributed by atoms with Gasteiger partial charge in [0.15, 0.2) is 11.5 Å². The molecule has 8 heteroatoms. The molecule has 0 amide bonds. The molecule has 1 saturated heterocycles. The first-order valence-electron chi connectivity index (χ1n) is 10.6. The lowest BCUT2D eigenvalue weighted by Crippen LogP contribution is -2.37. The van der Waals surface area contributed by atoms with Gasteiger partial charge in [0.25, 0.3) is 0 Å². The zero-order valence-electron chi connectivity index (χ0n) is 17.4. The zero-order chi connectivity index (χ0) is 21.3. The lowest BCUT2D eigenvalue weighted by Gasteiger charge is -2.29. The van der Waals surface area contributed by atoms with Gasteiger partial charge in [-0.3, -0.25) is 4.98 Å². The van der Waals surface area contributed by atoms with Crippen molar-refractivity contribution in [1.29, 1.82) is 0 Å². The van der Waals surface area contributed by atoms with E-state index in [2.05, 4.69) is 27.1 Å². The number of nitrogens with zero attached hydrogens (tertiary/aromatic N) is 7. The minimum atomic E-state index is 0.688. The van der Waals surface area contributed by atoms with E-state index in [0.29, 0.717) is 13.2 Å². The molecule has 4 aromatic heterocycles. The Balaban J connectivity index is 1.48. The number of anilines is 1. The van der Waals surface area contributed by atoms with Crippen molar-refractivity contribution < 1.29 is 4.74 Å². The van der Waals surface area contributed by atoms with Crippen LogP contribution in [0.1, 0.15) is 0 Å². The zero-order valence-corrected chi connectivity index (χ0v) is 17.4. The fraction of sp³-hybridized carbons (Fsp3) is 0.167. The average Bonchev–Trinajstić information content (AvgIpc) is 3.53. The Hall–Kier alpha value is -4.04. The summed E-state index contributed by atoms with van der Waals surface area (Å²) in [6, 6.07) is 20.0. The fourth-order valence-corrected chi connectivity index (χ4v) is 3.95. The maximum Gasteiger partial charge on any atom is 0.160 e. The van der Waals surface area contributed by atoms with Gasteiger partial charge >= 0.3 is 0 Å². The van der Waals surface area contributed by atoms with Gasteiger partial charge in [-0.15, -0.1) is 0 Å². The summed E-state index contributed by atoms with van der Waals surface area (Å²) in [7, 11) is 0. The third kappa shape index (κ3) is 3.40. The van der Waals surface area contributed by atoms with E-state index in [4.69, 9.17) is 14.8 Å². The molecule has 5 heterocycles. The molecule has 1 fully saturated rings. The molecule has 0 radical (unpaired) electrons. The van der Waals surface area contributed by atoms with Gasteiger partial charge < -0.3 is 9.64 Å². The van der Waals surface area contributed by atoms with Crippen LogP contribution in [0.25, 0.3) is 34.0 Å². The van der Waals surface area contributed by atoms with Crippen molar-refractivity contribution >= 4 is 11.5 Å². The Bertz CT molecular complexity index is 1360. The highest BCUT2D eigenvalue weighted by atomic mass is 16.5. The van der Waals surface area contributed by atoms with Crippen LogP contribution in [-0.2, 0) is 4.74 Å². The van der Waals surface area contributed by atoms with E-state index in [0.717, 1.165) is 52.9 Å². The summed E-state index contributed by atoms with van der Waals surface area (Å²) in [4.78, 5) is 11.6. The van der Waals surface area contributed by atoms with Gasteiger partial charge in [-0.1, -0.05) is 36.4 Å². The van der Waals surface area contributed by atoms with Crippen LogP contribution < -0.4 is 4.90 Å². The van der Waals surface area contributed by atoms with Gasteiger partial charge in [0.2, 0.25) is 0 Å². The van der Waals surface area contributed by atoms with Crippen LogP contribution in [0.15, 0.2) is 79.3 Å². The summed E-state index contributed by atoms with van der Waals surface area (Å²) in [6.07, 6.45) is 5.65. The second kappa shape index (κ2) is 7.90. The van der Waals surface area contributed by atoms with E-state index < -0.39 is 0 Å². The normalized spacial score (nSPS) is 14.2. The third-order valence-electron chi connectivity index (χ3n) is 5.58. The monoisotopic (exact) mass is 423 g/mol. The molecule has 1 aromatic carbocycles. The van der Waals surface area contributed by atoms with Crippen LogP contribution in [0.5, 0.6) is 0 Å². The number of pyridine rings is 1. The summed E-state index contributed by atoms with van der Waals surface area (Å²) in [5.74, 6) is 1.71. The molecular weight excluding hydrogens is 402 g/mol. The van der Waals surface area contributed by atoms with Crippen LogP contribution in [-0.4, -0.2) is 55.7 Å². The van der Waals surface area contributed by atoms with E-state index in [1.807, 2.05) is 70.1 Å². The Morgan fingerprint density at radius 2 is 1.69 bits per heavy atom. The smallest absolute Gasteiger partial charge is 0.160 e. The summed E-state index contributed by atoms with van der Waals surface area (Å²) in [6.45, 7) is 2.97. The minimum absolute atomic E-state index is 0.688. The summed E-state index contributed by atoms with van der Waals surface area (Å²) in [5.41, 5.74) is 4.52. The standard InChI is InChI=1S/C24H21N7O/c1-2-6-18(7-3-1)19-16-26-30(17-19)22-15-24(29-10-12-32-13-11-29)31-23(27-22)14-21(28-31)20-8-4-5-9-25-20/h1-9,14-17H,10-13H2. The lowest BCUT2D eigenvalue weighted by molar-refractivity contribution is 0.122. The van der Waals surface area contributed by atoms with Crippen molar-refractivity contribution in [2.45, 2.75) is 0 Å². The van der Waals surface area contributed by atoms with Crippen LogP contribution in [0.3, 0.4) is 0 Å². The van der Waals surface area contributed by atoms with Gasteiger partial charge in [-0.25, -0.2) is 9.67 Å². The molecule has 6 rings (SSSR count). The number of benzene rings is 1. The highest BCUT2D eigenvalue weighted by molar-refractivity contribution is 5.65. The van der Waals surface area contributed by atoms with Crippen molar-refractivity contribution in [3.8, 4) is 28.3 Å². The molecule has 0 bridgehead atoms. The van der Waals surface area contributed by atoms with Gasteiger partial charge in [0.1, 0.15) is 11.5 Å². The molecule has 5 aromatic rings. The number of ether oxygens (including phenoxy) is 1. The van der Waals surface area contributed by atoms with Crippen molar-refractivity contribution in [2.24, 2.45) is 0 Å². The Labute approximate surface area is 184 Å². The van der Waals surface area contributed by atoms with E-state index in [1.54, 1.807) is 6.20 Å². The average molecular weight is 423 g/mol. The predicted octanol–water partition coefficient (Wildman–Crippen LogP) is 3.48. The first kappa shape index (κ1) is 18.7. The van der Waals surface area contributed by atoms with Crippen molar-refractivity contribution in [3.05, 3.63) is 79.3 Å². The lowest BCUT2D eigenvalue weighted by atomic mass is 10.1. The number of rotatable bonds is 4. The second-order valence-corrected chi connectivity index (χ2v) is 7.63. The molecule has 0 unspecified atom stereocenters. The number of aromatic nitrogens is 6. The van der Waals surface area contributed by atoms with E-state index >= 15 is 0 Å². The van der Waals surface area contributed by atoms with Gasteiger partial charge in [0.05, 0.1) is 25.1 Å². The molecule has 0 N–H and O–H groups in total. The van der Waals surface area contributed by atoms with Crippen LogP contribution in [0, 0.1) is 0 Å². The second-order valence-electron chi connectivity index (χ2n) is 7.63. The molecule has 32 heavy (non-hydrogen) atoms. The molecule has 1 aliphatic heterocycles. The van der Waals surface area contributed by atoms with Crippen molar-refractivity contribution in [1.82, 2.24) is 29.4 Å². The molecule has 0 saturated carbocycles. The van der Waals surface area contributed by atoms with Gasteiger partial charge in [-0.05, 0) is 17.7 Å². The molecular formula is C24H21N7O. The van der Waals surface area contributed by atoms with Crippen LogP contribution in [0.4, 0.5) is 5.82 Å². The van der Waals surface area contributed by atoms with Gasteiger partial charge in [0, 0.05) is 43.2 Å². The molecule has 8 nitrogen and oxygen atoms in total. The number of hydrogen-bond acceptors (Lipinski definition) is 6. The number of fused-ring (bicyclic) bond motifs is 1. The largest absolute Gasteiger partial charge is 0.378 e. The van der Waals surface area contributed by atoms with Crippen LogP contribution in [0.2, 0.25) is 0 Å².